The number of aliphatic hydroxyl groups is 2. The molecule has 3 N–H and O–H groups in total. The smallest absolute Gasteiger partial charge is 0.220 e. The lowest BCUT2D eigenvalue weighted by Gasteiger charge is -2.22. The molecule has 1 unspecified atom stereocenters. The van der Waals surface area contributed by atoms with Gasteiger partial charge >= 0.3 is 0 Å². The van der Waals surface area contributed by atoms with Crippen LogP contribution >= 0.6 is 0 Å². The highest BCUT2D eigenvalue weighted by Gasteiger charge is 2.19. The zero-order valence-electron chi connectivity index (χ0n) is 9.05. The van der Waals surface area contributed by atoms with E-state index in [0.717, 1.165) is 6.42 Å². The summed E-state index contributed by atoms with van der Waals surface area (Å²) < 4.78 is 0. The lowest BCUT2D eigenvalue weighted by atomic mass is 10.0. The summed E-state index contributed by atoms with van der Waals surface area (Å²) in [5, 5.41) is 20.9. The fourth-order valence-electron chi connectivity index (χ4n) is 1.24. The number of hydrogen-bond acceptors (Lipinski definition) is 3. The minimum atomic E-state index is -0.816. The standard InChI is InChI=1S/C10H21NO3/c1-3-6-10(2,14)8-11-9(13)5-4-7-12/h12,14H,3-8H2,1-2H3,(H,11,13). The fourth-order valence-corrected chi connectivity index (χ4v) is 1.24. The number of aliphatic hydroxyl groups excluding tert-OH is 1. The van der Waals surface area contributed by atoms with Gasteiger partial charge in [0.05, 0.1) is 5.60 Å². The Morgan fingerprint density at radius 2 is 2.14 bits per heavy atom. The number of hydrogen-bond donors (Lipinski definition) is 3. The van der Waals surface area contributed by atoms with Crippen LogP contribution in [-0.4, -0.2) is 34.9 Å². The van der Waals surface area contributed by atoms with E-state index in [9.17, 15) is 9.90 Å². The lowest BCUT2D eigenvalue weighted by Crippen LogP contribution is -2.40. The van der Waals surface area contributed by atoms with Gasteiger partial charge in [-0.25, -0.2) is 0 Å². The van der Waals surface area contributed by atoms with E-state index >= 15 is 0 Å². The van der Waals surface area contributed by atoms with Crippen molar-refractivity contribution in [1.29, 1.82) is 0 Å². The van der Waals surface area contributed by atoms with Crippen molar-refractivity contribution in [2.75, 3.05) is 13.2 Å². The summed E-state index contributed by atoms with van der Waals surface area (Å²) in [6, 6.07) is 0. The number of nitrogens with one attached hydrogen (secondary N) is 1. The molecule has 0 heterocycles. The van der Waals surface area contributed by atoms with Gasteiger partial charge in [-0.2, -0.15) is 0 Å². The number of carbonyl (C=O) groups is 1. The van der Waals surface area contributed by atoms with Gasteiger partial charge in [-0.15, -0.1) is 0 Å². The second kappa shape index (κ2) is 6.79. The fraction of sp³-hybridized carbons (Fsp3) is 0.900. The van der Waals surface area contributed by atoms with E-state index in [-0.39, 0.29) is 19.1 Å². The van der Waals surface area contributed by atoms with Gasteiger partial charge in [0.2, 0.25) is 5.91 Å². The molecule has 0 spiro atoms. The van der Waals surface area contributed by atoms with Gasteiger partial charge in [0.15, 0.2) is 0 Å². The zero-order valence-corrected chi connectivity index (χ0v) is 9.05. The Labute approximate surface area is 85.3 Å². The summed E-state index contributed by atoms with van der Waals surface area (Å²) in [5.74, 6) is -0.115. The third-order valence-corrected chi connectivity index (χ3v) is 2.02. The summed E-state index contributed by atoms with van der Waals surface area (Å²) >= 11 is 0. The zero-order chi connectivity index (χ0) is 11.0. The molecule has 84 valence electrons. The molecule has 0 bridgehead atoms. The van der Waals surface area contributed by atoms with Crippen LogP contribution in [0.25, 0.3) is 0 Å². The minimum Gasteiger partial charge on any atom is -0.396 e. The molecular formula is C10H21NO3. The predicted molar refractivity (Wildman–Crippen MR) is 54.9 cm³/mol. The van der Waals surface area contributed by atoms with E-state index in [1.165, 1.54) is 0 Å². The van der Waals surface area contributed by atoms with Crippen molar-refractivity contribution in [3.63, 3.8) is 0 Å². The Morgan fingerprint density at radius 3 is 2.64 bits per heavy atom. The topological polar surface area (TPSA) is 69.6 Å². The molecule has 4 heteroatoms. The molecule has 0 fully saturated rings. The maximum atomic E-state index is 11.1. The summed E-state index contributed by atoms with van der Waals surface area (Å²) in [7, 11) is 0. The first-order chi connectivity index (χ1) is 6.52. The molecule has 1 atom stereocenters. The van der Waals surface area contributed by atoms with Crippen molar-refractivity contribution < 1.29 is 15.0 Å². The van der Waals surface area contributed by atoms with Gasteiger partial charge in [0.25, 0.3) is 0 Å². The van der Waals surface area contributed by atoms with Gasteiger partial charge < -0.3 is 15.5 Å². The molecule has 0 aliphatic carbocycles. The average molecular weight is 203 g/mol. The molecule has 0 aromatic rings. The molecule has 0 rings (SSSR count). The third-order valence-electron chi connectivity index (χ3n) is 2.02. The van der Waals surface area contributed by atoms with Crippen LogP contribution in [0.4, 0.5) is 0 Å². The monoisotopic (exact) mass is 203 g/mol. The highest BCUT2D eigenvalue weighted by molar-refractivity contribution is 5.75. The number of rotatable bonds is 7. The lowest BCUT2D eigenvalue weighted by molar-refractivity contribution is -0.122. The normalized spacial score (nSPS) is 14.9. The molecule has 4 nitrogen and oxygen atoms in total. The van der Waals surface area contributed by atoms with E-state index in [1.54, 1.807) is 6.92 Å². The first-order valence-electron chi connectivity index (χ1n) is 5.12. The SMILES string of the molecule is CCCC(C)(O)CNC(=O)CCCO. The second-order valence-corrected chi connectivity index (χ2v) is 3.85. The maximum Gasteiger partial charge on any atom is 0.220 e. The van der Waals surface area contributed by atoms with Crippen molar-refractivity contribution in [3.8, 4) is 0 Å². The Bertz CT molecular complexity index is 169. The molecule has 0 aliphatic rings. The van der Waals surface area contributed by atoms with Gasteiger partial charge in [0.1, 0.15) is 0 Å². The van der Waals surface area contributed by atoms with Crippen LogP contribution in [0.1, 0.15) is 39.5 Å². The highest BCUT2D eigenvalue weighted by Crippen LogP contribution is 2.09. The average Bonchev–Trinajstić information content (AvgIpc) is 2.11. The predicted octanol–water partition coefficient (Wildman–Crippen LogP) is 0.426. The van der Waals surface area contributed by atoms with Crippen molar-refractivity contribution in [3.05, 3.63) is 0 Å². The Kier molecular flexibility index (Phi) is 6.49. The van der Waals surface area contributed by atoms with Crippen molar-refractivity contribution >= 4 is 5.91 Å². The van der Waals surface area contributed by atoms with Gasteiger partial charge in [0, 0.05) is 19.6 Å². The Balaban J connectivity index is 3.64. The first-order valence-corrected chi connectivity index (χ1v) is 5.12. The van der Waals surface area contributed by atoms with E-state index in [1.807, 2.05) is 6.92 Å². The number of carbonyl (C=O) groups excluding carboxylic acids is 1. The third kappa shape index (κ3) is 6.86. The molecule has 0 aromatic heterocycles. The van der Waals surface area contributed by atoms with Gasteiger partial charge in [-0.3, -0.25) is 4.79 Å². The summed E-state index contributed by atoms with van der Waals surface area (Å²) in [6.45, 7) is 4.01. The molecule has 0 radical (unpaired) electrons. The summed E-state index contributed by atoms with van der Waals surface area (Å²) in [5.41, 5.74) is -0.816. The Morgan fingerprint density at radius 1 is 1.50 bits per heavy atom. The largest absolute Gasteiger partial charge is 0.396 e. The van der Waals surface area contributed by atoms with E-state index in [4.69, 9.17) is 5.11 Å². The van der Waals surface area contributed by atoms with Crippen LogP contribution in [0.3, 0.4) is 0 Å². The summed E-state index contributed by atoms with van der Waals surface area (Å²) in [4.78, 5) is 11.1. The Hall–Kier alpha value is -0.610. The molecular weight excluding hydrogens is 182 g/mol. The van der Waals surface area contributed by atoms with E-state index < -0.39 is 5.60 Å². The van der Waals surface area contributed by atoms with E-state index in [0.29, 0.717) is 19.3 Å². The minimum absolute atomic E-state index is 0.0266. The molecule has 0 aromatic carbocycles. The van der Waals surface area contributed by atoms with Crippen LogP contribution in [0.2, 0.25) is 0 Å². The molecule has 1 amide bonds. The molecule has 0 aliphatic heterocycles. The molecule has 0 saturated carbocycles. The summed E-state index contributed by atoms with van der Waals surface area (Å²) in [6.07, 6.45) is 2.35. The van der Waals surface area contributed by atoms with Gasteiger partial charge in [-0.1, -0.05) is 13.3 Å². The molecule has 0 saturated heterocycles. The van der Waals surface area contributed by atoms with Crippen LogP contribution < -0.4 is 5.32 Å². The van der Waals surface area contributed by atoms with Crippen molar-refractivity contribution in [2.45, 2.75) is 45.1 Å². The van der Waals surface area contributed by atoms with Crippen LogP contribution in [0, 0.1) is 0 Å². The van der Waals surface area contributed by atoms with E-state index in [2.05, 4.69) is 5.32 Å². The van der Waals surface area contributed by atoms with Crippen molar-refractivity contribution in [2.24, 2.45) is 0 Å². The van der Waals surface area contributed by atoms with Crippen molar-refractivity contribution in [1.82, 2.24) is 5.32 Å². The van der Waals surface area contributed by atoms with Gasteiger partial charge in [-0.05, 0) is 19.8 Å². The maximum absolute atomic E-state index is 11.1. The number of amides is 1. The van der Waals surface area contributed by atoms with Crippen LogP contribution in [-0.2, 0) is 4.79 Å². The van der Waals surface area contributed by atoms with Crippen LogP contribution in [0.5, 0.6) is 0 Å². The molecule has 14 heavy (non-hydrogen) atoms. The van der Waals surface area contributed by atoms with Crippen LogP contribution in [0.15, 0.2) is 0 Å². The quantitative estimate of drug-likeness (QED) is 0.562. The first kappa shape index (κ1) is 13.4. The second-order valence-electron chi connectivity index (χ2n) is 3.85. The highest BCUT2D eigenvalue weighted by atomic mass is 16.3.